The van der Waals surface area contributed by atoms with Gasteiger partial charge in [-0.25, -0.2) is 0 Å². The van der Waals surface area contributed by atoms with Crippen LogP contribution in [0.25, 0.3) is 0 Å². The van der Waals surface area contributed by atoms with Gasteiger partial charge in [-0.1, -0.05) is 52.8 Å². The van der Waals surface area contributed by atoms with Gasteiger partial charge in [0.1, 0.15) is 0 Å². The Morgan fingerprint density at radius 3 is 1.73 bits per heavy atom. The van der Waals surface area contributed by atoms with Gasteiger partial charge in [-0.15, -0.1) is 0 Å². The van der Waals surface area contributed by atoms with E-state index in [-0.39, 0.29) is 0 Å². The maximum absolute atomic E-state index is 5.50. The van der Waals surface area contributed by atoms with Crippen LogP contribution >= 0.6 is 0 Å². The standard InChI is InChI=1S/C10H21B/c1-4-10(5-2,6-3)8-7-9-11/h4-9H2,1-3H3. The van der Waals surface area contributed by atoms with Crippen LogP contribution in [0.3, 0.4) is 0 Å². The van der Waals surface area contributed by atoms with Crippen molar-refractivity contribution in [3.63, 3.8) is 0 Å². The van der Waals surface area contributed by atoms with Crippen molar-refractivity contribution < 1.29 is 0 Å². The van der Waals surface area contributed by atoms with E-state index in [1.807, 2.05) is 0 Å². The van der Waals surface area contributed by atoms with Crippen LogP contribution in [0, 0.1) is 5.41 Å². The average Bonchev–Trinajstić information content (AvgIpc) is 2.08. The van der Waals surface area contributed by atoms with Crippen molar-refractivity contribution in [2.75, 3.05) is 0 Å². The molecule has 0 spiro atoms. The molecule has 0 heterocycles. The first kappa shape index (κ1) is 11.1. The van der Waals surface area contributed by atoms with E-state index in [9.17, 15) is 0 Å². The number of rotatable bonds is 6. The molecule has 0 rings (SSSR count). The lowest BCUT2D eigenvalue weighted by molar-refractivity contribution is 0.226. The molecule has 0 N–H and O–H groups in total. The molecule has 0 unspecified atom stereocenters. The maximum Gasteiger partial charge on any atom is 0.0653 e. The lowest BCUT2D eigenvalue weighted by Crippen LogP contribution is -2.17. The summed E-state index contributed by atoms with van der Waals surface area (Å²) >= 11 is 0. The quantitative estimate of drug-likeness (QED) is 0.510. The van der Waals surface area contributed by atoms with Gasteiger partial charge in [-0.2, -0.15) is 0 Å². The van der Waals surface area contributed by atoms with Crippen LogP contribution < -0.4 is 0 Å². The zero-order valence-electron chi connectivity index (χ0n) is 8.32. The van der Waals surface area contributed by atoms with Crippen LogP contribution in [-0.4, -0.2) is 7.85 Å². The Morgan fingerprint density at radius 1 is 1.00 bits per heavy atom. The van der Waals surface area contributed by atoms with E-state index < -0.39 is 0 Å². The lowest BCUT2D eigenvalue weighted by atomic mass is 9.75. The van der Waals surface area contributed by atoms with Crippen LogP contribution in [0.5, 0.6) is 0 Å². The fourth-order valence-corrected chi connectivity index (χ4v) is 1.76. The normalized spacial score (nSPS) is 11.9. The van der Waals surface area contributed by atoms with E-state index in [0.717, 1.165) is 6.32 Å². The topological polar surface area (TPSA) is 0 Å². The van der Waals surface area contributed by atoms with E-state index in [4.69, 9.17) is 7.85 Å². The van der Waals surface area contributed by atoms with Gasteiger partial charge in [0, 0.05) is 0 Å². The summed E-state index contributed by atoms with van der Waals surface area (Å²) in [4.78, 5) is 0. The first-order valence-corrected chi connectivity index (χ1v) is 4.94. The zero-order chi connectivity index (χ0) is 8.74. The fourth-order valence-electron chi connectivity index (χ4n) is 1.76. The summed E-state index contributed by atoms with van der Waals surface area (Å²) in [6.45, 7) is 6.89. The highest BCUT2D eigenvalue weighted by Gasteiger charge is 2.22. The molecule has 0 aliphatic rings. The van der Waals surface area contributed by atoms with Crippen LogP contribution in [0.2, 0.25) is 6.32 Å². The van der Waals surface area contributed by atoms with Gasteiger partial charge in [0.15, 0.2) is 0 Å². The Kier molecular flexibility index (Phi) is 5.72. The third-order valence-electron chi connectivity index (χ3n) is 3.16. The van der Waals surface area contributed by atoms with Crippen LogP contribution in [0.1, 0.15) is 52.9 Å². The number of hydrogen-bond acceptors (Lipinski definition) is 0. The molecule has 11 heavy (non-hydrogen) atoms. The van der Waals surface area contributed by atoms with Crippen molar-refractivity contribution in [3.8, 4) is 0 Å². The monoisotopic (exact) mass is 152 g/mol. The molecule has 0 bridgehead atoms. The maximum atomic E-state index is 5.50. The molecule has 0 nitrogen and oxygen atoms in total. The first-order valence-electron chi connectivity index (χ1n) is 4.94. The molecule has 0 amide bonds. The van der Waals surface area contributed by atoms with E-state index in [1.165, 1.54) is 32.1 Å². The van der Waals surface area contributed by atoms with Crippen molar-refractivity contribution in [2.24, 2.45) is 5.41 Å². The van der Waals surface area contributed by atoms with Crippen LogP contribution in [-0.2, 0) is 0 Å². The summed E-state index contributed by atoms with van der Waals surface area (Å²) < 4.78 is 0. The molecule has 0 atom stereocenters. The summed E-state index contributed by atoms with van der Waals surface area (Å²) in [5.74, 6) is 0. The molecule has 0 aromatic heterocycles. The smallest absolute Gasteiger partial charge is 0.0653 e. The highest BCUT2D eigenvalue weighted by Crippen LogP contribution is 2.35. The van der Waals surface area contributed by atoms with E-state index in [0.29, 0.717) is 5.41 Å². The second-order valence-corrected chi connectivity index (χ2v) is 3.45. The summed E-state index contributed by atoms with van der Waals surface area (Å²) in [5.41, 5.74) is 0.597. The SMILES string of the molecule is [B]CCCC(CC)(CC)CC. The molecule has 0 saturated carbocycles. The third kappa shape index (κ3) is 3.31. The van der Waals surface area contributed by atoms with Gasteiger partial charge < -0.3 is 0 Å². The molecular weight excluding hydrogens is 131 g/mol. The molecule has 1 heteroatoms. The Hall–Kier alpha value is 0.0649. The summed E-state index contributed by atoms with van der Waals surface area (Å²) in [6.07, 6.45) is 7.27. The first-order chi connectivity index (χ1) is 5.24. The Balaban J connectivity index is 3.84. The van der Waals surface area contributed by atoms with Crippen LogP contribution in [0.4, 0.5) is 0 Å². The van der Waals surface area contributed by atoms with Gasteiger partial charge in [0.05, 0.1) is 7.85 Å². The molecular formula is C10H21B. The minimum absolute atomic E-state index is 0.597. The molecule has 0 aromatic carbocycles. The second-order valence-electron chi connectivity index (χ2n) is 3.45. The van der Waals surface area contributed by atoms with E-state index >= 15 is 0 Å². The molecule has 2 radical (unpaired) electrons. The molecule has 0 fully saturated rings. The Labute approximate surface area is 73.2 Å². The predicted molar refractivity (Wildman–Crippen MR) is 53.1 cm³/mol. The number of hydrogen-bond donors (Lipinski definition) is 0. The lowest BCUT2D eigenvalue weighted by Gasteiger charge is -2.30. The van der Waals surface area contributed by atoms with Crippen molar-refractivity contribution in [1.29, 1.82) is 0 Å². The van der Waals surface area contributed by atoms with Gasteiger partial charge in [-0.3, -0.25) is 0 Å². The summed E-state index contributed by atoms with van der Waals surface area (Å²) in [7, 11) is 5.50. The summed E-state index contributed by atoms with van der Waals surface area (Å²) in [6, 6.07) is 0. The minimum Gasteiger partial charge on any atom is -0.0887 e. The van der Waals surface area contributed by atoms with Gasteiger partial charge >= 0.3 is 0 Å². The molecule has 0 aromatic rings. The fraction of sp³-hybridized carbons (Fsp3) is 1.00. The molecule has 64 valence electrons. The minimum atomic E-state index is 0.597. The third-order valence-corrected chi connectivity index (χ3v) is 3.16. The van der Waals surface area contributed by atoms with E-state index in [2.05, 4.69) is 20.8 Å². The van der Waals surface area contributed by atoms with Crippen molar-refractivity contribution in [3.05, 3.63) is 0 Å². The largest absolute Gasteiger partial charge is 0.0887 e. The van der Waals surface area contributed by atoms with Gasteiger partial charge in [-0.05, 0) is 11.8 Å². The predicted octanol–water partition coefficient (Wildman–Crippen LogP) is 3.57. The van der Waals surface area contributed by atoms with Gasteiger partial charge in [0.2, 0.25) is 0 Å². The summed E-state index contributed by atoms with van der Waals surface area (Å²) in [5, 5.41) is 0. The zero-order valence-corrected chi connectivity index (χ0v) is 8.32. The van der Waals surface area contributed by atoms with Crippen molar-refractivity contribution in [1.82, 2.24) is 0 Å². The highest BCUT2D eigenvalue weighted by atomic mass is 14.3. The Bertz CT molecular complexity index is 76.6. The Morgan fingerprint density at radius 2 is 1.45 bits per heavy atom. The average molecular weight is 152 g/mol. The van der Waals surface area contributed by atoms with Crippen molar-refractivity contribution in [2.45, 2.75) is 59.2 Å². The van der Waals surface area contributed by atoms with Crippen LogP contribution in [0.15, 0.2) is 0 Å². The molecule has 0 saturated heterocycles. The second kappa shape index (κ2) is 5.68. The molecule has 0 aliphatic heterocycles. The molecule has 0 aliphatic carbocycles. The van der Waals surface area contributed by atoms with Gasteiger partial charge in [0.25, 0.3) is 0 Å². The highest BCUT2D eigenvalue weighted by molar-refractivity contribution is 6.08. The van der Waals surface area contributed by atoms with Crippen molar-refractivity contribution >= 4 is 7.85 Å². The van der Waals surface area contributed by atoms with E-state index in [1.54, 1.807) is 0 Å².